The van der Waals surface area contributed by atoms with E-state index in [2.05, 4.69) is 50.2 Å². The standard InChI is InChI=1S/C12H20N2/c1-9-6-7-12(11(3)10(9)2)14(5)8-13-4/h6-7,13H,8H2,1-5H3. The van der Waals surface area contributed by atoms with E-state index in [1.165, 1.54) is 22.4 Å². The second kappa shape index (κ2) is 4.47. The summed E-state index contributed by atoms with van der Waals surface area (Å²) in [7, 11) is 4.07. The third-order valence-electron chi connectivity index (χ3n) is 2.84. The Bertz CT molecular complexity index is 318. The van der Waals surface area contributed by atoms with Crippen molar-refractivity contribution in [3.8, 4) is 0 Å². The average Bonchev–Trinajstić information content (AvgIpc) is 2.15. The molecule has 78 valence electrons. The second-order valence-electron chi connectivity index (χ2n) is 3.86. The molecule has 14 heavy (non-hydrogen) atoms. The minimum atomic E-state index is 0.878. The number of nitrogens with one attached hydrogen (secondary N) is 1. The van der Waals surface area contributed by atoms with Crippen LogP contribution in [0, 0.1) is 20.8 Å². The maximum atomic E-state index is 3.15. The molecule has 0 radical (unpaired) electrons. The van der Waals surface area contributed by atoms with Gasteiger partial charge in [-0.1, -0.05) is 6.07 Å². The lowest BCUT2D eigenvalue weighted by Gasteiger charge is -2.22. The largest absolute Gasteiger partial charge is 0.362 e. The first-order valence-electron chi connectivity index (χ1n) is 5.00. The number of nitrogens with zero attached hydrogens (tertiary/aromatic N) is 1. The summed E-state index contributed by atoms with van der Waals surface area (Å²) < 4.78 is 0. The Morgan fingerprint density at radius 1 is 1.14 bits per heavy atom. The average molecular weight is 192 g/mol. The molecule has 0 bridgehead atoms. The molecule has 1 N–H and O–H groups in total. The highest BCUT2D eigenvalue weighted by molar-refractivity contribution is 5.57. The van der Waals surface area contributed by atoms with Gasteiger partial charge in [0.1, 0.15) is 0 Å². The van der Waals surface area contributed by atoms with Gasteiger partial charge in [0, 0.05) is 12.7 Å². The van der Waals surface area contributed by atoms with Crippen LogP contribution >= 0.6 is 0 Å². The van der Waals surface area contributed by atoms with Crippen molar-refractivity contribution in [1.29, 1.82) is 0 Å². The van der Waals surface area contributed by atoms with Crippen molar-refractivity contribution in [2.45, 2.75) is 20.8 Å². The van der Waals surface area contributed by atoms with Crippen molar-refractivity contribution in [3.63, 3.8) is 0 Å². The second-order valence-corrected chi connectivity index (χ2v) is 3.86. The summed E-state index contributed by atoms with van der Waals surface area (Å²) in [5, 5.41) is 3.15. The number of benzene rings is 1. The predicted molar refractivity (Wildman–Crippen MR) is 63.0 cm³/mol. The maximum Gasteiger partial charge on any atom is 0.0676 e. The number of anilines is 1. The Hall–Kier alpha value is -1.02. The lowest BCUT2D eigenvalue weighted by Crippen LogP contribution is -2.28. The van der Waals surface area contributed by atoms with Crippen LogP contribution in [0.2, 0.25) is 0 Å². The fraction of sp³-hybridized carbons (Fsp3) is 0.500. The van der Waals surface area contributed by atoms with Gasteiger partial charge in [-0.2, -0.15) is 0 Å². The molecule has 1 aromatic rings. The van der Waals surface area contributed by atoms with Crippen LogP contribution in [0.5, 0.6) is 0 Å². The fourth-order valence-electron chi connectivity index (χ4n) is 1.68. The van der Waals surface area contributed by atoms with Gasteiger partial charge in [0.2, 0.25) is 0 Å². The predicted octanol–water partition coefficient (Wildman–Crippen LogP) is 2.22. The first kappa shape index (κ1) is 11.1. The fourth-order valence-corrected chi connectivity index (χ4v) is 1.68. The Morgan fingerprint density at radius 3 is 2.36 bits per heavy atom. The highest BCUT2D eigenvalue weighted by Gasteiger charge is 2.06. The van der Waals surface area contributed by atoms with Crippen LogP contribution < -0.4 is 10.2 Å². The van der Waals surface area contributed by atoms with Crippen molar-refractivity contribution >= 4 is 5.69 Å². The molecule has 0 aliphatic carbocycles. The third-order valence-corrected chi connectivity index (χ3v) is 2.84. The lowest BCUT2D eigenvalue weighted by molar-refractivity contribution is 0.774. The van der Waals surface area contributed by atoms with Crippen LogP contribution in [0.15, 0.2) is 12.1 Å². The lowest BCUT2D eigenvalue weighted by atomic mass is 10.0. The van der Waals surface area contributed by atoms with Crippen LogP contribution in [0.4, 0.5) is 5.69 Å². The molecule has 0 saturated heterocycles. The van der Waals surface area contributed by atoms with Crippen LogP contribution in [0.1, 0.15) is 16.7 Å². The summed E-state index contributed by atoms with van der Waals surface area (Å²) in [6.07, 6.45) is 0. The van der Waals surface area contributed by atoms with Gasteiger partial charge in [-0.15, -0.1) is 0 Å². The molecular weight excluding hydrogens is 172 g/mol. The molecule has 0 aliphatic rings. The van der Waals surface area contributed by atoms with Crippen LogP contribution in [-0.4, -0.2) is 20.8 Å². The molecule has 0 unspecified atom stereocenters. The molecule has 1 aromatic carbocycles. The summed E-state index contributed by atoms with van der Waals surface area (Å²) in [6.45, 7) is 7.40. The van der Waals surface area contributed by atoms with Crippen molar-refractivity contribution in [2.24, 2.45) is 0 Å². The van der Waals surface area contributed by atoms with Gasteiger partial charge in [-0.25, -0.2) is 0 Å². The summed E-state index contributed by atoms with van der Waals surface area (Å²) in [4.78, 5) is 2.22. The van der Waals surface area contributed by atoms with Gasteiger partial charge in [0.05, 0.1) is 6.67 Å². The van der Waals surface area contributed by atoms with Crippen LogP contribution in [0.25, 0.3) is 0 Å². The molecule has 0 aromatic heterocycles. The Morgan fingerprint density at radius 2 is 1.79 bits per heavy atom. The topological polar surface area (TPSA) is 15.3 Å². The van der Waals surface area contributed by atoms with Gasteiger partial charge >= 0.3 is 0 Å². The molecule has 0 heterocycles. The minimum absolute atomic E-state index is 0.878. The zero-order valence-corrected chi connectivity index (χ0v) is 9.81. The van der Waals surface area contributed by atoms with E-state index in [1.54, 1.807) is 0 Å². The molecule has 0 spiro atoms. The van der Waals surface area contributed by atoms with Crippen LogP contribution in [0.3, 0.4) is 0 Å². The number of hydrogen-bond acceptors (Lipinski definition) is 2. The Balaban J connectivity index is 3.04. The van der Waals surface area contributed by atoms with Gasteiger partial charge in [0.25, 0.3) is 0 Å². The SMILES string of the molecule is CNCN(C)c1ccc(C)c(C)c1C. The quantitative estimate of drug-likeness (QED) is 0.739. The normalized spacial score (nSPS) is 10.4. The van der Waals surface area contributed by atoms with Gasteiger partial charge < -0.3 is 10.2 Å². The smallest absolute Gasteiger partial charge is 0.0676 e. The maximum absolute atomic E-state index is 3.15. The first-order valence-corrected chi connectivity index (χ1v) is 5.00. The van der Waals surface area contributed by atoms with E-state index < -0.39 is 0 Å². The molecule has 0 aliphatic heterocycles. The Labute approximate surface area is 86.9 Å². The Kier molecular flexibility index (Phi) is 3.53. The number of rotatable bonds is 3. The van der Waals surface area contributed by atoms with Crippen molar-refractivity contribution in [1.82, 2.24) is 5.32 Å². The van der Waals surface area contributed by atoms with E-state index in [4.69, 9.17) is 0 Å². The molecule has 0 saturated carbocycles. The molecule has 0 fully saturated rings. The summed E-state index contributed by atoms with van der Waals surface area (Å²) in [6, 6.07) is 4.37. The van der Waals surface area contributed by atoms with E-state index in [9.17, 15) is 0 Å². The third kappa shape index (κ3) is 2.07. The van der Waals surface area contributed by atoms with Gasteiger partial charge in [-0.3, -0.25) is 0 Å². The van der Waals surface area contributed by atoms with E-state index in [1.807, 2.05) is 7.05 Å². The number of hydrogen-bond donors (Lipinski definition) is 1. The molecule has 1 rings (SSSR count). The highest BCUT2D eigenvalue weighted by Crippen LogP contribution is 2.23. The molecule has 0 amide bonds. The minimum Gasteiger partial charge on any atom is -0.362 e. The first-order chi connectivity index (χ1) is 6.57. The van der Waals surface area contributed by atoms with E-state index in [0.29, 0.717) is 0 Å². The summed E-state index contributed by atoms with van der Waals surface area (Å²) in [5.74, 6) is 0. The van der Waals surface area contributed by atoms with Gasteiger partial charge in [-0.05, 0) is 50.6 Å². The highest BCUT2D eigenvalue weighted by atomic mass is 15.2. The van der Waals surface area contributed by atoms with Crippen molar-refractivity contribution < 1.29 is 0 Å². The summed E-state index contributed by atoms with van der Waals surface area (Å²) in [5.41, 5.74) is 5.44. The van der Waals surface area contributed by atoms with Gasteiger partial charge in [0.15, 0.2) is 0 Å². The van der Waals surface area contributed by atoms with Crippen molar-refractivity contribution in [2.75, 3.05) is 25.7 Å². The zero-order chi connectivity index (χ0) is 10.7. The molecule has 0 atom stereocenters. The molecule has 2 heteroatoms. The van der Waals surface area contributed by atoms with E-state index in [0.717, 1.165) is 6.67 Å². The molecular formula is C12H20N2. The van der Waals surface area contributed by atoms with Crippen molar-refractivity contribution in [3.05, 3.63) is 28.8 Å². The number of aryl methyl sites for hydroxylation is 1. The monoisotopic (exact) mass is 192 g/mol. The zero-order valence-electron chi connectivity index (χ0n) is 9.81. The molecule has 2 nitrogen and oxygen atoms in total. The van der Waals surface area contributed by atoms with E-state index in [-0.39, 0.29) is 0 Å². The summed E-state index contributed by atoms with van der Waals surface area (Å²) >= 11 is 0. The van der Waals surface area contributed by atoms with Crippen LogP contribution in [-0.2, 0) is 0 Å². The van der Waals surface area contributed by atoms with E-state index >= 15 is 0 Å².